The molecule has 0 radical (unpaired) electrons. The molecule has 1 heterocycles. The third-order valence-corrected chi connectivity index (χ3v) is 4.50. The third kappa shape index (κ3) is 4.51. The van der Waals surface area contributed by atoms with Crippen LogP contribution in [-0.4, -0.2) is 22.6 Å². The molecule has 0 saturated carbocycles. The molecule has 0 aliphatic rings. The number of amides is 1. The van der Waals surface area contributed by atoms with Crippen molar-refractivity contribution in [1.82, 2.24) is 10.3 Å². The first-order valence-corrected chi connectivity index (χ1v) is 8.75. The highest BCUT2D eigenvalue weighted by atomic mass is 35.5. The van der Waals surface area contributed by atoms with E-state index in [1.54, 1.807) is 48.5 Å². The van der Waals surface area contributed by atoms with E-state index >= 15 is 0 Å². The minimum atomic E-state index is -0.563. The largest absolute Gasteiger partial charge is 0.394 e. The zero-order valence-electron chi connectivity index (χ0n) is 14.6. The van der Waals surface area contributed by atoms with Gasteiger partial charge in [0.25, 0.3) is 5.91 Å². The number of pyridine rings is 1. The maximum atomic E-state index is 13.4. The zero-order valence-corrected chi connectivity index (χ0v) is 15.4. The van der Waals surface area contributed by atoms with E-state index in [1.807, 2.05) is 6.92 Å². The Morgan fingerprint density at radius 3 is 2.63 bits per heavy atom. The van der Waals surface area contributed by atoms with Gasteiger partial charge in [-0.25, -0.2) is 4.98 Å². The molecule has 0 aliphatic carbocycles. The Bertz CT molecular complexity index is 961. The second kappa shape index (κ2) is 8.29. The highest BCUT2D eigenvalue weighted by Crippen LogP contribution is 2.24. The lowest BCUT2D eigenvalue weighted by molar-refractivity contribution is 0.0916. The Morgan fingerprint density at radius 1 is 1.22 bits per heavy atom. The molecule has 6 heteroatoms. The van der Waals surface area contributed by atoms with Crippen molar-refractivity contribution in [2.75, 3.05) is 6.61 Å². The smallest absolute Gasteiger partial charge is 0.251 e. The molecule has 2 aromatic carbocycles. The van der Waals surface area contributed by atoms with Gasteiger partial charge in [-0.15, -0.1) is 0 Å². The monoisotopic (exact) mass is 384 g/mol. The fraction of sp³-hybridized carbons (Fsp3) is 0.143. The lowest BCUT2D eigenvalue weighted by Crippen LogP contribution is -2.30. The topological polar surface area (TPSA) is 62.2 Å². The van der Waals surface area contributed by atoms with E-state index < -0.39 is 12.0 Å². The molecule has 0 bridgehead atoms. The second-order valence-electron chi connectivity index (χ2n) is 6.16. The van der Waals surface area contributed by atoms with Crippen molar-refractivity contribution in [3.05, 3.63) is 88.5 Å². The molecule has 138 valence electrons. The molecule has 1 atom stereocenters. The van der Waals surface area contributed by atoms with Crippen LogP contribution in [0, 0.1) is 12.9 Å². The second-order valence-corrected chi connectivity index (χ2v) is 6.60. The average molecular weight is 385 g/mol. The van der Waals surface area contributed by atoms with Crippen molar-refractivity contribution in [1.29, 1.82) is 0 Å². The van der Waals surface area contributed by atoms with Gasteiger partial charge in [-0.2, -0.15) is 4.39 Å². The molecular weight excluding hydrogens is 367 g/mol. The van der Waals surface area contributed by atoms with Gasteiger partial charge in [0.05, 0.1) is 12.6 Å². The number of carbonyl (C=O) groups is 1. The Morgan fingerprint density at radius 2 is 1.96 bits per heavy atom. The van der Waals surface area contributed by atoms with Crippen molar-refractivity contribution in [3.63, 3.8) is 0 Å². The van der Waals surface area contributed by atoms with E-state index in [-0.39, 0.29) is 12.5 Å². The Kier molecular flexibility index (Phi) is 5.84. The van der Waals surface area contributed by atoms with E-state index in [0.29, 0.717) is 10.6 Å². The molecule has 3 rings (SSSR count). The van der Waals surface area contributed by atoms with Crippen LogP contribution in [0.1, 0.15) is 27.5 Å². The number of benzene rings is 2. The summed E-state index contributed by atoms with van der Waals surface area (Å²) >= 11 is 5.97. The number of hydrogen-bond acceptors (Lipinski definition) is 3. The predicted octanol–water partition coefficient (Wildman–Crippen LogP) is 4.31. The Balaban J connectivity index is 1.78. The highest BCUT2D eigenvalue weighted by molar-refractivity contribution is 6.30. The summed E-state index contributed by atoms with van der Waals surface area (Å²) in [5.41, 5.74) is 3.51. The van der Waals surface area contributed by atoms with Crippen LogP contribution >= 0.6 is 11.6 Å². The number of carbonyl (C=O) groups excluding carboxylic acids is 1. The van der Waals surface area contributed by atoms with E-state index in [2.05, 4.69) is 10.3 Å². The minimum absolute atomic E-state index is 0.250. The number of nitrogens with one attached hydrogen (secondary N) is 1. The molecule has 4 nitrogen and oxygen atoms in total. The summed E-state index contributed by atoms with van der Waals surface area (Å²) in [5, 5.41) is 12.9. The fourth-order valence-electron chi connectivity index (χ4n) is 2.81. The normalized spacial score (nSPS) is 11.9. The SMILES string of the molecule is Cc1cnc(F)cc1-c1ccc(C(=O)N[C@H](CO)c2cccc(Cl)c2)cc1. The van der Waals surface area contributed by atoms with Crippen molar-refractivity contribution in [3.8, 4) is 11.1 Å². The molecule has 27 heavy (non-hydrogen) atoms. The van der Waals surface area contributed by atoms with Crippen LogP contribution in [0.2, 0.25) is 5.02 Å². The summed E-state index contributed by atoms with van der Waals surface area (Å²) < 4.78 is 13.4. The van der Waals surface area contributed by atoms with E-state index in [1.165, 1.54) is 12.3 Å². The minimum Gasteiger partial charge on any atom is -0.394 e. The lowest BCUT2D eigenvalue weighted by atomic mass is 10.0. The molecule has 2 N–H and O–H groups in total. The van der Waals surface area contributed by atoms with Gasteiger partial charge in [-0.05, 0) is 53.4 Å². The van der Waals surface area contributed by atoms with Crippen molar-refractivity contribution >= 4 is 17.5 Å². The van der Waals surface area contributed by atoms with Crippen LogP contribution in [0.15, 0.2) is 60.8 Å². The Hall–Kier alpha value is -2.76. The molecule has 0 saturated heterocycles. The van der Waals surface area contributed by atoms with Crippen LogP contribution in [0.3, 0.4) is 0 Å². The van der Waals surface area contributed by atoms with E-state index in [4.69, 9.17) is 11.6 Å². The standard InChI is InChI=1S/C21H18ClFN2O2/c1-13-11-24-20(23)10-18(13)14-5-7-15(8-6-14)21(27)25-19(12-26)16-3-2-4-17(22)9-16/h2-11,19,26H,12H2,1H3,(H,25,27)/t19-/m1/s1. The van der Waals surface area contributed by atoms with Gasteiger partial charge in [0.2, 0.25) is 5.95 Å². The number of aryl methyl sites for hydroxylation is 1. The number of aliphatic hydroxyl groups is 1. The van der Waals surface area contributed by atoms with Gasteiger partial charge in [0.1, 0.15) is 0 Å². The van der Waals surface area contributed by atoms with Crippen molar-refractivity contribution in [2.45, 2.75) is 13.0 Å². The van der Waals surface area contributed by atoms with Gasteiger partial charge < -0.3 is 10.4 Å². The molecule has 1 aromatic heterocycles. The summed E-state index contributed by atoms with van der Waals surface area (Å²) in [6, 6.07) is 14.6. The van der Waals surface area contributed by atoms with Crippen LogP contribution in [0.5, 0.6) is 0 Å². The number of rotatable bonds is 5. The summed E-state index contributed by atoms with van der Waals surface area (Å²) in [6.07, 6.45) is 1.47. The number of aliphatic hydroxyl groups excluding tert-OH is 1. The maximum absolute atomic E-state index is 13.4. The van der Waals surface area contributed by atoms with Crippen molar-refractivity contribution in [2.24, 2.45) is 0 Å². The molecule has 0 aliphatic heterocycles. The number of halogens is 2. The molecule has 0 unspecified atom stereocenters. The highest BCUT2D eigenvalue weighted by Gasteiger charge is 2.15. The van der Waals surface area contributed by atoms with Crippen LogP contribution in [-0.2, 0) is 0 Å². The van der Waals surface area contributed by atoms with Crippen LogP contribution in [0.25, 0.3) is 11.1 Å². The number of hydrogen-bond donors (Lipinski definition) is 2. The van der Waals surface area contributed by atoms with Gasteiger partial charge in [0.15, 0.2) is 0 Å². The maximum Gasteiger partial charge on any atom is 0.251 e. The molecular formula is C21H18ClFN2O2. The number of nitrogens with zero attached hydrogens (tertiary/aromatic N) is 1. The fourth-order valence-corrected chi connectivity index (χ4v) is 3.01. The Labute approximate surface area is 161 Å². The molecule has 3 aromatic rings. The molecule has 0 fully saturated rings. The summed E-state index contributed by atoms with van der Waals surface area (Å²) in [6.45, 7) is 1.60. The molecule has 1 amide bonds. The first-order chi connectivity index (χ1) is 13.0. The van der Waals surface area contributed by atoms with E-state index in [9.17, 15) is 14.3 Å². The number of aromatic nitrogens is 1. The summed E-state index contributed by atoms with van der Waals surface area (Å²) in [5.74, 6) is -0.872. The van der Waals surface area contributed by atoms with Gasteiger partial charge in [0, 0.05) is 22.8 Å². The first-order valence-electron chi connectivity index (χ1n) is 8.37. The third-order valence-electron chi connectivity index (χ3n) is 4.27. The first kappa shape index (κ1) is 19.0. The van der Waals surface area contributed by atoms with E-state index in [0.717, 1.165) is 22.3 Å². The van der Waals surface area contributed by atoms with Crippen LogP contribution < -0.4 is 5.32 Å². The van der Waals surface area contributed by atoms with Crippen molar-refractivity contribution < 1.29 is 14.3 Å². The molecule has 0 spiro atoms. The summed E-state index contributed by atoms with van der Waals surface area (Å²) in [4.78, 5) is 16.1. The summed E-state index contributed by atoms with van der Waals surface area (Å²) in [7, 11) is 0. The van der Waals surface area contributed by atoms with Gasteiger partial charge in [-0.1, -0.05) is 35.9 Å². The average Bonchev–Trinajstić information content (AvgIpc) is 2.68. The lowest BCUT2D eigenvalue weighted by Gasteiger charge is -2.17. The van der Waals surface area contributed by atoms with Gasteiger partial charge >= 0.3 is 0 Å². The quantitative estimate of drug-likeness (QED) is 0.644. The predicted molar refractivity (Wildman–Crippen MR) is 103 cm³/mol. The zero-order chi connectivity index (χ0) is 19.4. The van der Waals surface area contributed by atoms with Crippen LogP contribution in [0.4, 0.5) is 4.39 Å². The van der Waals surface area contributed by atoms with Gasteiger partial charge in [-0.3, -0.25) is 4.79 Å².